The average Bonchev–Trinajstić information content (AvgIpc) is 2.73. The predicted octanol–water partition coefficient (Wildman–Crippen LogP) is 6.03. The standard InChI is InChI=1S/C21H26F4O3/c22-15-13-16(23)20(25)21(19(15)24)28-18(27)12-11-17(26)14-9-7-5-3-1-2-4-6-8-10-14/h13-14H,1-12H2. The molecule has 3 nitrogen and oxygen atoms in total. The monoisotopic (exact) mass is 402 g/mol. The van der Waals surface area contributed by atoms with Crippen LogP contribution in [0.4, 0.5) is 17.6 Å². The Hall–Kier alpha value is -1.92. The molecule has 1 fully saturated rings. The van der Waals surface area contributed by atoms with Crippen LogP contribution in [0.5, 0.6) is 5.75 Å². The fraction of sp³-hybridized carbons (Fsp3) is 0.619. The lowest BCUT2D eigenvalue weighted by atomic mass is 9.89. The smallest absolute Gasteiger partial charge is 0.311 e. The summed E-state index contributed by atoms with van der Waals surface area (Å²) in [5.74, 6) is -9.60. The average molecular weight is 402 g/mol. The summed E-state index contributed by atoms with van der Waals surface area (Å²) in [7, 11) is 0. The van der Waals surface area contributed by atoms with Gasteiger partial charge >= 0.3 is 5.97 Å². The molecule has 0 aromatic heterocycles. The number of Topliss-reactive ketones (excluding diaryl/α,β-unsaturated/α-hetero) is 1. The Labute approximate surface area is 162 Å². The van der Waals surface area contributed by atoms with Gasteiger partial charge in [-0.3, -0.25) is 9.59 Å². The van der Waals surface area contributed by atoms with Crippen LogP contribution in [0.15, 0.2) is 6.07 Å². The van der Waals surface area contributed by atoms with E-state index < -0.39 is 41.4 Å². The first-order valence-corrected chi connectivity index (χ1v) is 9.96. The van der Waals surface area contributed by atoms with Gasteiger partial charge in [0.2, 0.25) is 17.4 Å². The molecule has 0 saturated heterocycles. The van der Waals surface area contributed by atoms with Crippen molar-refractivity contribution in [3.05, 3.63) is 29.3 Å². The minimum Gasteiger partial charge on any atom is -0.420 e. The molecular formula is C21H26F4O3. The van der Waals surface area contributed by atoms with Gasteiger partial charge in [-0.2, -0.15) is 8.78 Å². The number of esters is 1. The predicted molar refractivity (Wildman–Crippen MR) is 95.8 cm³/mol. The van der Waals surface area contributed by atoms with E-state index in [1.807, 2.05) is 0 Å². The molecule has 0 amide bonds. The van der Waals surface area contributed by atoms with E-state index in [2.05, 4.69) is 4.74 Å². The number of halogens is 4. The van der Waals surface area contributed by atoms with Crippen molar-refractivity contribution in [3.8, 4) is 5.75 Å². The summed E-state index contributed by atoms with van der Waals surface area (Å²) in [5.41, 5.74) is 0. The molecule has 0 N–H and O–H groups in total. The van der Waals surface area contributed by atoms with Crippen LogP contribution in [0.1, 0.15) is 77.0 Å². The maximum atomic E-state index is 13.6. The highest BCUT2D eigenvalue weighted by Gasteiger charge is 2.24. The first-order valence-electron chi connectivity index (χ1n) is 9.96. The van der Waals surface area contributed by atoms with Gasteiger partial charge < -0.3 is 4.74 Å². The summed E-state index contributed by atoms with van der Waals surface area (Å²) in [5, 5.41) is 0. The van der Waals surface area contributed by atoms with E-state index in [1.54, 1.807) is 0 Å². The topological polar surface area (TPSA) is 43.4 Å². The van der Waals surface area contributed by atoms with E-state index >= 15 is 0 Å². The molecule has 156 valence electrons. The van der Waals surface area contributed by atoms with Gasteiger partial charge in [0.25, 0.3) is 0 Å². The van der Waals surface area contributed by atoms with E-state index in [9.17, 15) is 27.2 Å². The molecule has 0 heterocycles. The Kier molecular flexibility index (Phi) is 8.93. The van der Waals surface area contributed by atoms with Gasteiger partial charge in [-0.15, -0.1) is 0 Å². The molecule has 0 aliphatic heterocycles. The normalized spacial score (nSPS) is 17.0. The molecule has 28 heavy (non-hydrogen) atoms. The molecule has 2 rings (SSSR count). The van der Waals surface area contributed by atoms with Gasteiger partial charge in [-0.1, -0.05) is 51.4 Å². The number of hydrogen-bond donors (Lipinski definition) is 0. The van der Waals surface area contributed by atoms with Crippen LogP contribution >= 0.6 is 0 Å². The number of rotatable bonds is 5. The highest BCUT2D eigenvalue weighted by Crippen LogP contribution is 2.27. The molecule has 0 radical (unpaired) electrons. The number of benzene rings is 1. The third kappa shape index (κ3) is 6.60. The van der Waals surface area contributed by atoms with Crippen LogP contribution in [-0.2, 0) is 9.59 Å². The van der Waals surface area contributed by atoms with Gasteiger partial charge in [-0.25, -0.2) is 8.78 Å². The zero-order valence-corrected chi connectivity index (χ0v) is 15.9. The first-order chi connectivity index (χ1) is 13.4. The molecule has 7 heteroatoms. The van der Waals surface area contributed by atoms with Crippen LogP contribution in [0, 0.1) is 29.2 Å². The van der Waals surface area contributed by atoms with Crippen LogP contribution in [0.2, 0.25) is 0 Å². The van der Waals surface area contributed by atoms with Crippen LogP contribution in [0.3, 0.4) is 0 Å². The fourth-order valence-electron chi connectivity index (χ4n) is 3.54. The molecule has 1 aromatic carbocycles. The molecule has 1 aliphatic rings. The van der Waals surface area contributed by atoms with Gasteiger partial charge in [0.15, 0.2) is 11.6 Å². The van der Waals surface area contributed by atoms with Crippen molar-refractivity contribution in [2.75, 3.05) is 0 Å². The van der Waals surface area contributed by atoms with Gasteiger partial charge in [0.05, 0.1) is 6.42 Å². The van der Waals surface area contributed by atoms with E-state index in [1.165, 1.54) is 12.8 Å². The van der Waals surface area contributed by atoms with E-state index in [-0.39, 0.29) is 24.2 Å². The SMILES string of the molecule is O=C(CCC(=O)C1CCCCCCCCCC1)Oc1c(F)c(F)cc(F)c1F. The Balaban J connectivity index is 1.89. The summed E-state index contributed by atoms with van der Waals surface area (Å²) in [4.78, 5) is 24.3. The van der Waals surface area contributed by atoms with Crippen LogP contribution in [0.25, 0.3) is 0 Å². The quantitative estimate of drug-likeness (QED) is 0.261. The fourth-order valence-corrected chi connectivity index (χ4v) is 3.54. The minimum absolute atomic E-state index is 0.0349. The third-order valence-electron chi connectivity index (χ3n) is 5.17. The number of ketones is 1. The highest BCUT2D eigenvalue weighted by molar-refractivity contribution is 5.85. The minimum atomic E-state index is -1.78. The zero-order chi connectivity index (χ0) is 20.5. The first kappa shape index (κ1) is 22.4. The molecule has 0 bridgehead atoms. The van der Waals surface area contributed by atoms with Gasteiger partial charge in [-0.05, 0) is 12.8 Å². The van der Waals surface area contributed by atoms with Crippen molar-refractivity contribution in [1.82, 2.24) is 0 Å². The maximum absolute atomic E-state index is 13.6. The van der Waals surface area contributed by atoms with Crippen molar-refractivity contribution in [1.29, 1.82) is 0 Å². The van der Waals surface area contributed by atoms with E-state index in [0.29, 0.717) is 0 Å². The zero-order valence-electron chi connectivity index (χ0n) is 15.9. The molecule has 1 saturated carbocycles. The lowest BCUT2D eigenvalue weighted by molar-refractivity contribution is -0.137. The van der Waals surface area contributed by atoms with Crippen LogP contribution < -0.4 is 4.74 Å². The Morgan fingerprint density at radius 3 is 1.75 bits per heavy atom. The third-order valence-corrected chi connectivity index (χ3v) is 5.17. The number of ether oxygens (including phenoxy) is 1. The van der Waals surface area contributed by atoms with E-state index in [0.717, 1.165) is 51.4 Å². The molecule has 0 unspecified atom stereocenters. The summed E-state index contributed by atoms with van der Waals surface area (Å²) < 4.78 is 57.9. The summed E-state index contributed by atoms with van der Waals surface area (Å²) in [6.07, 6.45) is 9.86. The van der Waals surface area contributed by atoms with E-state index in [4.69, 9.17) is 0 Å². The molecule has 0 spiro atoms. The van der Waals surface area contributed by atoms with Crippen molar-refractivity contribution < 1.29 is 31.9 Å². The number of carbonyl (C=O) groups excluding carboxylic acids is 2. The summed E-state index contributed by atoms with van der Waals surface area (Å²) in [6, 6.07) is 0.0349. The molecular weight excluding hydrogens is 376 g/mol. The maximum Gasteiger partial charge on any atom is 0.311 e. The second-order valence-corrected chi connectivity index (χ2v) is 7.34. The Bertz CT molecular complexity index is 652. The number of hydrogen-bond acceptors (Lipinski definition) is 3. The Morgan fingerprint density at radius 1 is 0.786 bits per heavy atom. The molecule has 1 aromatic rings. The molecule has 1 aliphatic carbocycles. The van der Waals surface area contributed by atoms with Crippen molar-refractivity contribution in [3.63, 3.8) is 0 Å². The number of carbonyl (C=O) groups is 2. The Morgan fingerprint density at radius 2 is 1.25 bits per heavy atom. The lowest BCUT2D eigenvalue weighted by Crippen LogP contribution is -2.18. The van der Waals surface area contributed by atoms with Crippen molar-refractivity contribution in [2.24, 2.45) is 5.92 Å². The summed E-state index contributed by atoms with van der Waals surface area (Å²) >= 11 is 0. The van der Waals surface area contributed by atoms with Gasteiger partial charge in [0, 0.05) is 18.4 Å². The van der Waals surface area contributed by atoms with Gasteiger partial charge in [0.1, 0.15) is 5.78 Å². The van der Waals surface area contributed by atoms with Crippen LogP contribution in [-0.4, -0.2) is 11.8 Å². The van der Waals surface area contributed by atoms with Crippen molar-refractivity contribution >= 4 is 11.8 Å². The summed E-state index contributed by atoms with van der Waals surface area (Å²) in [6.45, 7) is 0. The van der Waals surface area contributed by atoms with Crippen molar-refractivity contribution in [2.45, 2.75) is 77.0 Å². The molecule has 0 atom stereocenters. The second-order valence-electron chi connectivity index (χ2n) is 7.34. The lowest BCUT2D eigenvalue weighted by Gasteiger charge is -2.15. The largest absolute Gasteiger partial charge is 0.420 e. The second kappa shape index (κ2) is 11.2. The highest BCUT2D eigenvalue weighted by atomic mass is 19.2.